The minimum Gasteiger partial charge on any atom is -0.325 e. The first kappa shape index (κ1) is 19.1. The van der Waals surface area contributed by atoms with Crippen molar-refractivity contribution >= 4 is 28.3 Å². The maximum Gasteiger partial charge on any atom is 0.250 e. The lowest BCUT2D eigenvalue weighted by molar-refractivity contribution is -0.117. The van der Waals surface area contributed by atoms with Crippen LogP contribution in [0, 0.1) is 11.3 Å². The molecule has 2 aliphatic rings. The highest BCUT2D eigenvalue weighted by Crippen LogP contribution is 2.38. The molecule has 4 rings (SSSR count). The van der Waals surface area contributed by atoms with E-state index >= 15 is 0 Å². The number of carbonyl (C=O) groups excluding carboxylic acids is 2. The van der Waals surface area contributed by atoms with Crippen molar-refractivity contribution < 1.29 is 9.59 Å². The molecule has 1 aliphatic carbocycles. The molecule has 0 spiro atoms. The molecular weight excluding hydrogens is 360 g/mol. The van der Waals surface area contributed by atoms with Gasteiger partial charge in [0.05, 0.1) is 12.1 Å². The average molecular weight is 384 g/mol. The van der Waals surface area contributed by atoms with Crippen molar-refractivity contribution in [2.24, 2.45) is 16.3 Å². The Hall–Kier alpha value is -3.27. The number of nitrogens with zero attached hydrogens (tertiary/aromatic N) is 1. The fourth-order valence-electron chi connectivity index (χ4n) is 3.94. The minimum absolute atomic E-state index is 0.0137. The van der Waals surface area contributed by atoms with Crippen LogP contribution in [-0.2, 0) is 16.0 Å². The maximum atomic E-state index is 12.6. The summed E-state index contributed by atoms with van der Waals surface area (Å²) in [5.41, 5.74) is 3.25. The summed E-state index contributed by atoms with van der Waals surface area (Å²) in [4.78, 5) is 29.0. The first-order valence-electron chi connectivity index (χ1n) is 9.82. The molecule has 0 saturated carbocycles. The van der Waals surface area contributed by atoms with E-state index in [1.807, 2.05) is 60.7 Å². The maximum absolute atomic E-state index is 12.6. The van der Waals surface area contributed by atoms with Crippen molar-refractivity contribution in [2.75, 3.05) is 0 Å². The van der Waals surface area contributed by atoms with Gasteiger partial charge in [-0.05, 0) is 39.5 Å². The third-order valence-electron chi connectivity index (χ3n) is 5.33. The standard InChI is InChI=1S/C25H24N2O2/c1-25(2,3)21-15-24(29)27-22-14-18(11-12-20(21)22)26-23(28)13-17-9-6-8-16-7-4-5-10-19(16)17/h4-12,14-15,20H,13H2,1-3H3,(H,27,29). The number of fused-ring (bicyclic) bond motifs is 2. The predicted molar refractivity (Wildman–Crippen MR) is 116 cm³/mol. The number of carbonyl (C=O) groups is 2. The summed E-state index contributed by atoms with van der Waals surface area (Å²) in [7, 11) is 0. The molecule has 1 atom stereocenters. The first-order valence-corrected chi connectivity index (χ1v) is 9.82. The lowest BCUT2D eigenvalue weighted by Gasteiger charge is -2.34. The number of rotatable bonds is 2. The molecule has 2 aromatic carbocycles. The number of aliphatic imine (C=N–C) groups is 1. The van der Waals surface area contributed by atoms with Crippen LogP contribution in [0.2, 0.25) is 0 Å². The van der Waals surface area contributed by atoms with E-state index in [0.717, 1.165) is 27.6 Å². The van der Waals surface area contributed by atoms with Crippen molar-refractivity contribution in [3.8, 4) is 0 Å². The van der Waals surface area contributed by atoms with Crippen LogP contribution in [0.4, 0.5) is 0 Å². The number of hydrogen-bond acceptors (Lipinski definition) is 2. The van der Waals surface area contributed by atoms with Crippen LogP contribution in [0.3, 0.4) is 0 Å². The fraction of sp³-hybridized carbons (Fsp3) is 0.240. The number of allylic oxidation sites excluding steroid dienone is 3. The molecule has 1 N–H and O–H groups in total. The van der Waals surface area contributed by atoms with Crippen LogP contribution in [0.15, 0.2) is 83.0 Å². The molecule has 146 valence electrons. The zero-order valence-corrected chi connectivity index (χ0v) is 16.9. The molecule has 0 fully saturated rings. The van der Waals surface area contributed by atoms with Gasteiger partial charge in [0.25, 0.3) is 5.91 Å². The van der Waals surface area contributed by atoms with Crippen LogP contribution in [-0.4, -0.2) is 17.5 Å². The molecule has 0 radical (unpaired) electrons. The van der Waals surface area contributed by atoms with Crippen molar-refractivity contribution in [3.05, 3.63) is 83.6 Å². The summed E-state index contributed by atoms with van der Waals surface area (Å²) in [5, 5.41) is 5.08. The van der Waals surface area contributed by atoms with E-state index in [2.05, 4.69) is 31.1 Å². The zero-order valence-electron chi connectivity index (χ0n) is 16.9. The molecule has 0 bridgehead atoms. The smallest absolute Gasteiger partial charge is 0.250 e. The highest BCUT2D eigenvalue weighted by Gasteiger charge is 2.32. The second kappa shape index (κ2) is 7.28. The molecule has 2 aromatic rings. The summed E-state index contributed by atoms with van der Waals surface area (Å²) >= 11 is 0. The minimum atomic E-state index is -0.204. The van der Waals surface area contributed by atoms with Crippen molar-refractivity contribution in [1.82, 2.24) is 5.32 Å². The average Bonchev–Trinajstić information content (AvgIpc) is 2.66. The van der Waals surface area contributed by atoms with E-state index in [0.29, 0.717) is 5.71 Å². The van der Waals surface area contributed by atoms with Crippen LogP contribution in [0.5, 0.6) is 0 Å². The Kier molecular flexibility index (Phi) is 4.79. The fourth-order valence-corrected chi connectivity index (χ4v) is 3.94. The van der Waals surface area contributed by atoms with E-state index in [1.165, 1.54) is 0 Å². The van der Waals surface area contributed by atoms with Gasteiger partial charge >= 0.3 is 0 Å². The van der Waals surface area contributed by atoms with Crippen molar-refractivity contribution in [1.29, 1.82) is 0 Å². The quantitative estimate of drug-likeness (QED) is 0.827. The Bertz CT molecular complexity index is 1120. The third-order valence-corrected chi connectivity index (χ3v) is 5.33. The molecule has 1 aliphatic heterocycles. The van der Waals surface area contributed by atoms with Gasteiger partial charge in [-0.3, -0.25) is 9.59 Å². The van der Waals surface area contributed by atoms with Crippen molar-refractivity contribution in [2.45, 2.75) is 27.2 Å². The second-order valence-corrected chi connectivity index (χ2v) is 8.52. The molecule has 4 nitrogen and oxygen atoms in total. The van der Waals surface area contributed by atoms with Crippen molar-refractivity contribution in [3.63, 3.8) is 0 Å². The van der Waals surface area contributed by atoms with Gasteiger partial charge < -0.3 is 5.32 Å². The van der Waals surface area contributed by atoms with Gasteiger partial charge in [0.1, 0.15) is 0 Å². The Morgan fingerprint density at radius 2 is 1.83 bits per heavy atom. The number of benzene rings is 2. The van der Waals surface area contributed by atoms with Gasteiger partial charge in [-0.25, -0.2) is 4.99 Å². The lowest BCUT2D eigenvalue weighted by atomic mass is 9.74. The summed E-state index contributed by atoms with van der Waals surface area (Å²) in [6.07, 6.45) is 7.61. The first-order chi connectivity index (χ1) is 13.8. The van der Waals surface area contributed by atoms with Gasteiger partial charge in [-0.1, -0.05) is 69.3 Å². The second-order valence-electron chi connectivity index (χ2n) is 8.52. The number of amides is 2. The predicted octanol–water partition coefficient (Wildman–Crippen LogP) is 4.52. The van der Waals surface area contributed by atoms with Gasteiger partial charge in [-0.15, -0.1) is 0 Å². The summed E-state index contributed by atoms with van der Waals surface area (Å²) in [6, 6.07) is 14.0. The third kappa shape index (κ3) is 3.97. The SMILES string of the molecule is CC(C)(C)C1=CC(=O)NC2=CC(=NC(=O)Cc3cccc4ccccc34)C=CC21. The normalized spacial score (nSPS) is 20.2. The topological polar surface area (TPSA) is 58.5 Å². The Morgan fingerprint density at radius 3 is 2.62 bits per heavy atom. The molecule has 29 heavy (non-hydrogen) atoms. The Balaban J connectivity index is 1.58. The molecule has 0 aromatic heterocycles. The van der Waals surface area contributed by atoms with Crippen LogP contribution >= 0.6 is 0 Å². The molecule has 2 amide bonds. The van der Waals surface area contributed by atoms with E-state index in [4.69, 9.17) is 0 Å². The van der Waals surface area contributed by atoms with E-state index in [1.54, 1.807) is 6.08 Å². The monoisotopic (exact) mass is 384 g/mol. The van der Waals surface area contributed by atoms with Gasteiger partial charge in [0, 0.05) is 17.7 Å². The highest BCUT2D eigenvalue weighted by atomic mass is 16.2. The van der Waals surface area contributed by atoms with Crippen LogP contribution in [0.25, 0.3) is 10.8 Å². The highest BCUT2D eigenvalue weighted by molar-refractivity contribution is 6.11. The summed E-state index contributed by atoms with van der Waals surface area (Å²) < 4.78 is 0. The largest absolute Gasteiger partial charge is 0.325 e. The Labute approximate surface area is 170 Å². The summed E-state index contributed by atoms with van der Waals surface area (Å²) in [5.74, 6) is -0.320. The van der Waals surface area contributed by atoms with Crippen LogP contribution < -0.4 is 5.32 Å². The van der Waals surface area contributed by atoms with E-state index in [-0.39, 0.29) is 29.6 Å². The van der Waals surface area contributed by atoms with E-state index < -0.39 is 0 Å². The molecular formula is C25H24N2O2. The van der Waals surface area contributed by atoms with Crippen LogP contribution in [0.1, 0.15) is 26.3 Å². The van der Waals surface area contributed by atoms with Gasteiger partial charge in [0.15, 0.2) is 0 Å². The molecule has 1 heterocycles. The zero-order chi connectivity index (χ0) is 20.6. The molecule has 1 unspecified atom stereocenters. The van der Waals surface area contributed by atoms with Gasteiger partial charge in [-0.2, -0.15) is 0 Å². The number of nitrogens with one attached hydrogen (secondary N) is 1. The lowest BCUT2D eigenvalue weighted by Crippen LogP contribution is -2.36. The number of hydrogen-bond donors (Lipinski definition) is 1. The van der Waals surface area contributed by atoms with E-state index in [9.17, 15) is 9.59 Å². The Morgan fingerprint density at radius 1 is 1.07 bits per heavy atom. The summed E-state index contributed by atoms with van der Waals surface area (Å²) in [6.45, 7) is 6.29. The van der Waals surface area contributed by atoms with Gasteiger partial charge in [0.2, 0.25) is 5.91 Å². The molecule has 4 heteroatoms. The molecule has 0 saturated heterocycles.